The number of hydrogen-bond acceptors (Lipinski definition) is 1. The molecule has 1 aromatic rings. The number of aryl methyl sites for hydroxylation is 3. The zero-order valence-corrected chi connectivity index (χ0v) is 8.72. The van der Waals surface area contributed by atoms with E-state index in [0.717, 1.165) is 16.7 Å². The minimum atomic E-state index is -0.962. The molecule has 0 bridgehead atoms. The van der Waals surface area contributed by atoms with Crippen LogP contribution in [0.5, 0.6) is 0 Å². The molecule has 14 heavy (non-hydrogen) atoms. The normalized spacial score (nSPS) is 9.93. The van der Waals surface area contributed by atoms with Gasteiger partial charge >= 0.3 is 5.97 Å². The summed E-state index contributed by atoms with van der Waals surface area (Å²) in [6, 6.07) is 3.86. The first-order valence-corrected chi connectivity index (χ1v) is 4.44. The summed E-state index contributed by atoms with van der Waals surface area (Å²) in [6.45, 7) is 9.43. The van der Waals surface area contributed by atoms with Gasteiger partial charge in [0.2, 0.25) is 0 Å². The van der Waals surface area contributed by atoms with Gasteiger partial charge in [-0.2, -0.15) is 0 Å². The van der Waals surface area contributed by atoms with Crippen molar-refractivity contribution in [1.29, 1.82) is 0 Å². The Balaban J connectivity index is 3.29. The Hall–Kier alpha value is -1.57. The van der Waals surface area contributed by atoms with E-state index in [1.165, 1.54) is 5.56 Å². The number of carboxylic acids is 1. The van der Waals surface area contributed by atoms with Crippen LogP contribution in [-0.2, 0) is 4.79 Å². The fourth-order valence-corrected chi connectivity index (χ4v) is 1.40. The van der Waals surface area contributed by atoms with E-state index in [2.05, 4.69) is 6.58 Å². The van der Waals surface area contributed by atoms with Gasteiger partial charge in [-0.3, -0.25) is 0 Å². The van der Waals surface area contributed by atoms with Crippen LogP contribution < -0.4 is 0 Å². The van der Waals surface area contributed by atoms with Crippen molar-refractivity contribution in [2.45, 2.75) is 20.8 Å². The van der Waals surface area contributed by atoms with Gasteiger partial charge in [0.15, 0.2) is 0 Å². The first kappa shape index (κ1) is 10.5. The predicted molar refractivity (Wildman–Crippen MR) is 57.3 cm³/mol. The van der Waals surface area contributed by atoms with Crippen LogP contribution in [0.25, 0.3) is 5.57 Å². The minimum absolute atomic E-state index is 0.158. The number of benzene rings is 1. The molecule has 0 amide bonds. The Morgan fingerprint density at radius 1 is 1.14 bits per heavy atom. The molecule has 0 fully saturated rings. The van der Waals surface area contributed by atoms with Crippen molar-refractivity contribution in [3.05, 3.63) is 41.0 Å². The van der Waals surface area contributed by atoms with Crippen LogP contribution in [0, 0.1) is 20.8 Å². The zero-order chi connectivity index (χ0) is 10.9. The highest BCUT2D eigenvalue weighted by atomic mass is 16.4. The Kier molecular flexibility index (Phi) is 2.75. The van der Waals surface area contributed by atoms with Crippen molar-refractivity contribution in [3.63, 3.8) is 0 Å². The maximum Gasteiger partial charge on any atom is 0.335 e. The molecule has 1 N–H and O–H groups in total. The lowest BCUT2D eigenvalue weighted by atomic mass is 9.96. The summed E-state index contributed by atoms with van der Waals surface area (Å²) < 4.78 is 0. The predicted octanol–water partition coefficient (Wildman–Crippen LogP) is 2.71. The van der Waals surface area contributed by atoms with E-state index in [1.807, 2.05) is 32.9 Å². The maximum absolute atomic E-state index is 10.7. The molecular formula is C12H14O2. The minimum Gasteiger partial charge on any atom is -0.478 e. The van der Waals surface area contributed by atoms with Gasteiger partial charge in [-0.1, -0.05) is 18.7 Å². The SMILES string of the molecule is C=C(C(=O)O)c1cc(C)c(C)cc1C. The Morgan fingerprint density at radius 3 is 2.14 bits per heavy atom. The number of carbonyl (C=O) groups is 1. The monoisotopic (exact) mass is 190 g/mol. The van der Waals surface area contributed by atoms with E-state index in [0.29, 0.717) is 0 Å². The lowest BCUT2D eigenvalue weighted by Gasteiger charge is -2.09. The average Bonchev–Trinajstić information content (AvgIpc) is 2.10. The van der Waals surface area contributed by atoms with Crippen LogP contribution in [0.1, 0.15) is 22.3 Å². The van der Waals surface area contributed by atoms with E-state index in [-0.39, 0.29) is 5.57 Å². The second-order valence-corrected chi connectivity index (χ2v) is 3.54. The van der Waals surface area contributed by atoms with Crippen molar-refractivity contribution >= 4 is 11.5 Å². The molecule has 2 nitrogen and oxygen atoms in total. The summed E-state index contributed by atoms with van der Waals surface area (Å²) in [5, 5.41) is 8.82. The molecule has 0 radical (unpaired) electrons. The molecule has 0 heterocycles. The van der Waals surface area contributed by atoms with E-state index in [4.69, 9.17) is 5.11 Å². The third-order valence-electron chi connectivity index (χ3n) is 2.42. The van der Waals surface area contributed by atoms with E-state index in [1.54, 1.807) is 0 Å². The lowest BCUT2D eigenvalue weighted by Crippen LogP contribution is -2.01. The maximum atomic E-state index is 10.7. The quantitative estimate of drug-likeness (QED) is 0.728. The van der Waals surface area contributed by atoms with Gasteiger partial charge in [0.1, 0.15) is 0 Å². The number of hydrogen-bond donors (Lipinski definition) is 1. The Morgan fingerprint density at radius 2 is 1.64 bits per heavy atom. The van der Waals surface area contributed by atoms with Gasteiger partial charge in [-0.25, -0.2) is 4.79 Å². The molecule has 0 aliphatic rings. The molecular weight excluding hydrogens is 176 g/mol. The molecule has 1 rings (SSSR count). The molecule has 0 aliphatic carbocycles. The molecule has 0 saturated heterocycles. The van der Waals surface area contributed by atoms with Gasteiger partial charge in [0.05, 0.1) is 5.57 Å². The van der Waals surface area contributed by atoms with Gasteiger partial charge in [0, 0.05) is 0 Å². The highest BCUT2D eigenvalue weighted by molar-refractivity contribution is 6.14. The van der Waals surface area contributed by atoms with E-state index in [9.17, 15) is 4.79 Å². The van der Waals surface area contributed by atoms with Crippen molar-refractivity contribution in [2.75, 3.05) is 0 Å². The summed E-state index contributed by atoms with van der Waals surface area (Å²) in [6.07, 6.45) is 0. The number of carboxylic acid groups (broad SMARTS) is 1. The van der Waals surface area contributed by atoms with Crippen LogP contribution >= 0.6 is 0 Å². The average molecular weight is 190 g/mol. The largest absolute Gasteiger partial charge is 0.478 e. The van der Waals surface area contributed by atoms with Crippen molar-refractivity contribution in [3.8, 4) is 0 Å². The first-order valence-electron chi connectivity index (χ1n) is 4.44. The standard InChI is InChI=1S/C12H14O2/c1-7-5-9(3)11(6-8(7)2)10(4)12(13)14/h5-6H,4H2,1-3H3,(H,13,14). The van der Waals surface area contributed by atoms with Gasteiger partial charge in [-0.15, -0.1) is 0 Å². The van der Waals surface area contributed by atoms with Crippen LogP contribution in [0.4, 0.5) is 0 Å². The fourth-order valence-electron chi connectivity index (χ4n) is 1.40. The molecule has 0 saturated carbocycles. The lowest BCUT2D eigenvalue weighted by molar-refractivity contribution is -0.130. The van der Waals surface area contributed by atoms with Crippen LogP contribution in [0.15, 0.2) is 18.7 Å². The Labute approximate surface area is 83.9 Å². The third kappa shape index (κ3) is 1.84. The smallest absolute Gasteiger partial charge is 0.335 e. The first-order chi connectivity index (χ1) is 6.43. The Bertz CT molecular complexity index is 403. The third-order valence-corrected chi connectivity index (χ3v) is 2.42. The second kappa shape index (κ2) is 3.66. The zero-order valence-electron chi connectivity index (χ0n) is 8.72. The molecule has 0 aromatic heterocycles. The summed E-state index contributed by atoms with van der Waals surface area (Å²) in [4.78, 5) is 10.7. The number of aliphatic carboxylic acids is 1. The van der Waals surface area contributed by atoms with Crippen molar-refractivity contribution in [2.24, 2.45) is 0 Å². The second-order valence-electron chi connectivity index (χ2n) is 3.54. The highest BCUT2D eigenvalue weighted by Crippen LogP contribution is 2.21. The van der Waals surface area contributed by atoms with Crippen LogP contribution in [0.3, 0.4) is 0 Å². The molecule has 0 atom stereocenters. The van der Waals surface area contributed by atoms with E-state index >= 15 is 0 Å². The van der Waals surface area contributed by atoms with Crippen molar-refractivity contribution < 1.29 is 9.90 Å². The molecule has 0 spiro atoms. The van der Waals surface area contributed by atoms with E-state index < -0.39 is 5.97 Å². The molecule has 74 valence electrons. The van der Waals surface area contributed by atoms with Crippen LogP contribution in [-0.4, -0.2) is 11.1 Å². The van der Waals surface area contributed by atoms with Crippen LogP contribution in [0.2, 0.25) is 0 Å². The number of rotatable bonds is 2. The van der Waals surface area contributed by atoms with Crippen molar-refractivity contribution in [1.82, 2.24) is 0 Å². The fraction of sp³-hybridized carbons (Fsp3) is 0.250. The molecule has 0 aliphatic heterocycles. The molecule has 0 unspecified atom stereocenters. The summed E-state index contributed by atoms with van der Waals surface area (Å²) in [5.41, 5.74) is 4.10. The summed E-state index contributed by atoms with van der Waals surface area (Å²) >= 11 is 0. The molecule has 2 heteroatoms. The summed E-state index contributed by atoms with van der Waals surface area (Å²) in [5.74, 6) is -0.962. The van der Waals surface area contributed by atoms with Gasteiger partial charge in [-0.05, 0) is 43.0 Å². The van der Waals surface area contributed by atoms with Gasteiger partial charge < -0.3 is 5.11 Å². The summed E-state index contributed by atoms with van der Waals surface area (Å²) in [7, 11) is 0. The molecule has 1 aromatic carbocycles. The topological polar surface area (TPSA) is 37.3 Å². The highest BCUT2D eigenvalue weighted by Gasteiger charge is 2.10. The van der Waals surface area contributed by atoms with Gasteiger partial charge in [0.25, 0.3) is 0 Å².